The number of methoxy groups -OCH3 is 2. The molecule has 0 bridgehead atoms. The summed E-state index contributed by atoms with van der Waals surface area (Å²) in [5.74, 6) is -0.298. The number of hydrogen-bond acceptors (Lipinski definition) is 12. The largest absolute Gasteiger partial charge is 0.505 e. The standard InChI is InChI=1S/C20H17NO6.C18H15NO4.CH3.Pd/c1-12(22)26-11-15-17-14(19(23)18(21-15)20(24)25-2)9-6-10-16(17)27-13-7-4-3-5-8-13;1-11-15-13(17(20)16(19-11)18(21)22-2)9-6-10-14(15)23-12-7-4-3-5-8-12;;/h3-10,23H,11H2,1-2H3;3-10,20H,1-2H3;1H3;/q;;-1;. The van der Waals surface area contributed by atoms with Crippen LogP contribution < -0.4 is 9.47 Å². The number of benzene rings is 4. The molecule has 0 aliphatic rings. The SMILES string of the molecule is COC(=O)c1nc(C)c2c(Oc3ccccc3)cccc2c1O.COC(=O)c1nc(COC(C)=O)c2c(Oc3ccccc3)cccc2c1O.[CH3-].[Pd]. The van der Waals surface area contributed by atoms with Crippen LogP contribution in [0.4, 0.5) is 0 Å². The van der Waals surface area contributed by atoms with Crippen LogP contribution in [0.2, 0.25) is 0 Å². The van der Waals surface area contributed by atoms with Gasteiger partial charge in [0, 0.05) is 43.5 Å². The molecule has 0 saturated carbocycles. The third-order valence-corrected chi connectivity index (χ3v) is 7.30. The Bertz CT molecular complexity index is 2200. The quantitative estimate of drug-likeness (QED) is 0.0665. The minimum atomic E-state index is -0.798. The first kappa shape index (κ1) is 40.4. The van der Waals surface area contributed by atoms with Crippen LogP contribution in [0, 0.1) is 14.4 Å². The number of ether oxygens (including phenoxy) is 5. The van der Waals surface area contributed by atoms with Crippen molar-refractivity contribution < 1.29 is 68.7 Å². The summed E-state index contributed by atoms with van der Waals surface area (Å²) in [6.07, 6.45) is 0. The second kappa shape index (κ2) is 18.3. The van der Waals surface area contributed by atoms with Crippen LogP contribution in [0.25, 0.3) is 21.5 Å². The fraction of sp³-hybridized carbons (Fsp3) is 0.128. The second-order valence-corrected chi connectivity index (χ2v) is 10.6. The maximum absolute atomic E-state index is 12.0. The van der Waals surface area contributed by atoms with Gasteiger partial charge in [0.25, 0.3) is 0 Å². The Labute approximate surface area is 313 Å². The van der Waals surface area contributed by atoms with Crippen molar-refractivity contribution in [1.29, 1.82) is 0 Å². The van der Waals surface area contributed by atoms with Crippen molar-refractivity contribution in [1.82, 2.24) is 9.97 Å². The maximum atomic E-state index is 12.0. The van der Waals surface area contributed by atoms with E-state index in [2.05, 4.69) is 19.4 Å². The van der Waals surface area contributed by atoms with E-state index in [4.69, 9.17) is 14.2 Å². The predicted molar refractivity (Wildman–Crippen MR) is 189 cm³/mol. The van der Waals surface area contributed by atoms with Crippen LogP contribution in [0.15, 0.2) is 97.1 Å². The molecule has 6 aromatic rings. The first-order chi connectivity index (χ1) is 24.1. The molecule has 0 saturated heterocycles. The monoisotopic (exact) mass is 797 g/mol. The van der Waals surface area contributed by atoms with Crippen molar-refractivity contribution in [2.24, 2.45) is 0 Å². The molecule has 2 aromatic heterocycles. The van der Waals surface area contributed by atoms with Gasteiger partial charge in [-0.05, 0) is 43.3 Å². The normalized spacial score (nSPS) is 10.1. The van der Waals surface area contributed by atoms with Crippen LogP contribution in [0.5, 0.6) is 34.5 Å². The van der Waals surface area contributed by atoms with Crippen molar-refractivity contribution in [2.75, 3.05) is 14.2 Å². The predicted octanol–water partition coefficient (Wildman–Crippen LogP) is 7.86. The Morgan fingerprint density at radius 1 is 0.635 bits per heavy atom. The first-order valence-corrected chi connectivity index (χ1v) is 15.2. The third kappa shape index (κ3) is 9.00. The summed E-state index contributed by atoms with van der Waals surface area (Å²) < 4.78 is 26.2. The number of nitrogens with zero attached hydrogens (tertiary/aromatic N) is 2. The van der Waals surface area contributed by atoms with Gasteiger partial charge in [-0.1, -0.05) is 60.7 Å². The van der Waals surface area contributed by atoms with Crippen LogP contribution in [0.3, 0.4) is 0 Å². The van der Waals surface area contributed by atoms with Gasteiger partial charge in [0.05, 0.1) is 31.0 Å². The second-order valence-electron chi connectivity index (χ2n) is 10.6. The molecular weight excluding hydrogens is 763 g/mol. The molecule has 13 heteroatoms. The summed E-state index contributed by atoms with van der Waals surface area (Å²) in [4.78, 5) is 43.3. The van der Waals surface area contributed by atoms with Gasteiger partial charge in [0.15, 0.2) is 22.9 Å². The molecule has 0 fully saturated rings. The van der Waals surface area contributed by atoms with E-state index in [0.29, 0.717) is 50.2 Å². The van der Waals surface area contributed by atoms with E-state index in [9.17, 15) is 24.6 Å². The molecular formula is C39H35N2O10Pd-. The molecule has 272 valence electrons. The Hall–Kier alpha value is -6.03. The number of fused-ring (bicyclic) bond motifs is 2. The van der Waals surface area contributed by atoms with Crippen molar-refractivity contribution in [3.05, 3.63) is 127 Å². The molecule has 6 rings (SSSR count). The smallest absolute Gasteiger partial charge is 0.360 e. The molecule has 0 aliphatic heterocycles. The van der Waals surface area contributed by atoms with E-state index in [1.165, 1.54) is 21.1 Å². The van der Waals surface area contributed by atoms with Crippen molar-refractivity contribution >= 4 is 39.5 Å². The zero-order valence-corrected chi connectivity index (χ0v) is 30.4. The minimum absolute atomic E-state index is 0. The number of rotatable bonds is 8. The van der Waals surface area contributed by atoms with Crippen molar-refractivity contribution in [3.8, 4) is 34.5 Å². The van der Waals surface area contributed by atoms with Crippen LogP contribution in [0.1, 0.15) is 39.3 Å². The summed E-state index contributed by atoms with van der Waals surface area (Å²) in [5, 5.41) is 22.8. The molecule has 0 aliphatic carbocycles. The molecule has 0 radical (unpaired) electrons. The van der Waals surface area contributed by atoms with Gasteiger partial charge in [0.2, 0.25) is 0 Å². The molecule has 2 heterocycles. The Kier molecular flexibility index (Phi) is 14.2. The number of pyridine rings is 2. The average molecular weight is 798 g/mol. The number of esters is 3. The van der Waals surface area contributed by atoms with E-state index < -0.39 is 17.9 Å². The van der Waals surface area contributed by atoms with E-state index >= 15 is 0 Å². The molecule has 2 N–H and O–H groups in total. The maximum Gasteiger partial charge on any atom is 0.360 e. The van der Waals surface area contributed by atoms with Crippen LogP contribution >= 0.6 is 0 Å². The molecule has 12 nitrogen and oxygen atoms in total. The van der Waals surface area contributed by atoms with Gasteiger partial charge < -0.3 is 41.3 Å². The minimum Gasteiger partial charge on any atom is -0.505 e. The van der Waals surface area contributed by atoms with Gasteiger partial charge in [-0.25, -0.2) is 19.6 Å². The summed E-state index contributed by atoms with van der Waals surface area (Å²) in [6, 6.07) is 28.6. The fourth-order valence-corrected chi connectivity index (χ4v) is 5.06. The number of aromatic hydroxyl groups is 2. The first-order valence-electron chi connectivity index (χ1n) is 15.2. The Morgan fingerprint density at radius 2 is 1.08 bits per heavy atom. The van der Waals surface area contributed by atoms with E-state index in [0.717, 1.165) is 0 Å². The number of aryl methyl sites for hydroxylation is 1. The van der Waals surface area contributed by atoms with Gasteiger partial charge in [0.1, 0.15) is 29.6 Å². The fourth-order valence-electron chi connectivity index (χ4n) is 5.06. The number of carbonyl (C=O) groups is 3. The topological polar surface area (TPSA) is 164 Å². The number of aromatic nitrogens is 2. The molecule has 0 atom stereocenters. The summed E-state index contributed by atoms with van der Waals surface area (Å²) >= 11 is 0. The van der Waals surface area contributed by atoms with Crippen molar-refractivity contribution in [2.45, 2.75) is 20.5 Å². The Morgan fingerprint density at radius 3 is 1.54 bits per heavy atom. The van der Waals surface area contributed by atoms with Gasteiger partial charge in [-0.15, -0.1) is 0 Å². The summed E-state index contributed by atoms with van der Waals surface area (Å²) in [6.45, 7) is 2.84. The van der Waals surface area contributed by atoms with Gasteiger partial charge in [-0.3, -0.25) is 4.79 Å². The zero-order valence-electron chi connectivity index (χ0n) is 28.8. The molecule has 0 amide bonds. The van der Waals surface area contributed by atoms with Gasteiger partial charge >= 0.3 is 17.9 Å². The molecule has 4 aromatic carbocycles. The number of para-hydroxylation sites is 2. The molecule has 52 heavy (non-hydrogen) atoms. The van der Waals surface area contributed by atoms with E-state index in [1.807, 2.05) is 48.5 Å². The average Bonchev–Trinajstić information content (AvgIpc) is 3.13. The van der Waals surface area contributed by atoms with E-state index in [1.54, 1.807) is 55.5 Å². The third-order valence-electron chi connectivity index (χ3n) is 7.30. The molecule has 0 unspecified atom stereocenters. The zero-order chi connectivity index (χ0) is 35.8. The summed E-state index contributed by atoms with van der Waals surface area (Å²) in [7, 11) is 2.44. The number of hydrogen-bond donors (Lipinski definition) is 2. The summed E-state index contributed by atoms with van der Waals surface area (Å²) in [5.41, 5.74) is 0.480. The number of carbonyl (C=O) groups excluding carboxylic acids is 3. The van der Waals surface area contributed by atoms with E-state index in [-0.39, 0.29) is 63.0 Å². The van der Waals surface area contributed by atoms with Crippen molar-refractivity contribution in [3.63, 3.8) is 0 Å². The molecule has 0 spiro atoms. The van der Waals surface area contributed by atoms with Crippen LogP contribution in [-0.2, 0) is 46.0 Å². The van der Waals surface area contributed by atoms with Gasteiger partial charge in [-0.2, -0.15) is 0 Å². The Balaban J connectivity index is 0.000000273. The van der Waals surface area contributed by atoms with Crippen LogP contribution in [-0.4, -0.2) is 52.3 Å².